The molecule has 0 radical (unpaired) electrons. The van der Waals surface area contributed by atoms with Crippen LogP contribution in [0.15, 0.2) is 36.7 Å². The number of anilines is 2. The van der Waals surface area contributed by atoms with Gasteiger partial charge < -0.3 is 24.6 Å². The molecule has 1 N–H and O–H groups in total. The first-order valence-corrected chi connectivity index (χ1v) is 8.95. The molecular formula is C19H25N5O3. The van der Waals surface area contributed by atoms with Crippen molar-refractivity contribution in [1.82, 2.24) is 14.9 Å². The first kappa shape index (κ1) is 18.9. The zero-order chi connectivity index (χ0) is 19.1. The predicted octanol–water partition coefficient (Wildman–Crippen LogP) is 1.51. The Morgan fingerprint density at radius 1 is 1.15 bits per heavy atom. The molecule has 0 bridgehead atoms. The van der Waals surface area contributed by atoms with Gasteiger partial charge in [0.05, 0.1) is 19.4 Å². The molecule has 1 amide bonds. The lowest BCUT2D eigenvalue weighted by Gasteiger charge is -2.36. The number of rotatable bonds is 7. The summed E-state index contributed by atoms with van der Waals surface area (Å²) in [5.74, 6) is 1.39. The molecule has 0 aliphatic carbocycles. The number of para-hydroxylation sites is 2. The highest BCUT2D eigenvalue weighted by atomic mass is 16.5. The Balaban J connectivity index is 1.61. The summed E-state index contributed by atoms with van der Waals surface area (Å²) in [5.41, 5.74) is 1.45. The van der Waals surface area contributed by atoms with Crippen molar-refractivity contribution in [3.63, 3.8) is 0 Å². The van der Waals surface area contributed by atoms with E-state index in [0.29, 0.717) is 37.8 Å². The molecule has 144 valence electrons. The third-order valence-corrected chi connectivity index (χ3v) is 4.49. The van der Waals surface area contributed by atoms with Gasteiger partial charge in [-0.25, -0.2) is 9.97 Å². The molecule has 1 aliphatic rings. The van der Waals surface area contributed by atoms with E-state index in [2.05, 4.69) is 20.2 Å². The Morgan fingerprint density at radius 2 is 1.93 bits per heavy atom. The van der Waals surface area contributed by atoms with E-state index in [1.807, 2.05) is 29.2 Å². The Hall–Kier alpha value is -2.87. The van der Waals surface area contributed by atoms with E-state index >= 15 is 0 Å². The summed E-state index contributed by atoms with van der Waals surface area (Å²) in [6, 6.07) is 9.62. The van der Waals surface area contributed by atoms with Crippen molar-refractivity contribution in [3.05, 3.63) is 42.4 Å². The third kappa shape index (κ3) is 4.65. The van der Waals surface area contributed by atoms with Gasteiger partial charge in [0.15, 0.2) is 0 Å². The van der Waals surface area contributed by atoms with Crippen LogP contribution in [0.4, 0.5) is 11.5 Å². The SMILES string of the molecule is COCCNc1cc(C(=O)N2CCN(c3ccccc3OC)CC2)ncn1. The van der Waals surface area contributed by atoms with Crippen molar-refractivity contribution in [2.75, 3.05) is 63.8 Å². The summed E-state index contributed by atoms with van der Waals surface area (Å²) in [6.07, 6.45) is 1.41. The van der Waals surface area contributed by atoms with Gasteiger partial charge in [-0.3, -0.25) is 4.79 Å². The zero-order valence-electron chi connectivity index (χ0n) is 15.7. The molecule has 0 spiro atoms. The van der Waals surface area contributed by atoms with E-state index in [-0.39, 0.29) is 5.91 Å². The lowest BCUT2D eigenvalue weighted by atomic mass is 10.2. The number of hydrogen-bond acceptors (Lipinski definition) is 7. The highest BCUT2D eigenvalue weighted by Crippen LogP contribution is 2.28. The van der Waals surface area contributed by atoms with Crippen LogP contribution in [0.3, 0.4) is 0 Å². The molecule has 27 heavy (non-hydrogen) atoms. The van der Waals surface area contributed by atoms with Crippen LogP contribution in [0.2, 0.25) is 0 Å². The summed E-state index contributed by atoms with van der Waals surface area (Å²) in [6.45, 7) is 3.95. The minimum Gasteiger partial charge on any atom is -0.495 e. The van der Waals surface area contributed by atoms with Crippen LogP contribution in [-0.2, 0) is 4.74 Å². The van der Waals surface area contributed by atoms with Crippen molar-refractivity contribution in [3.8, 4) is 5.75 Å². The monoisotopic (exact) mass is 371 g/mol. The van der Waals surface area contributed by atoms with Crippen molar-refractivity contribution < 1.29 is 14.3 Å². The second-order valence-corrected chi connectivity index (χ2v) is 6.16. The van der Waals surface area contributed by atoms with E-state index in [1.165, 1.54) is 6.33 Å². The van der Waals surface area contributed by atoms with Crippen LogP contribution >= 0.6 is 0 Å². The Kier molecular flexibility index (Phi) is 6.43. The average molecular weight is 371 g/mol. The Bertz CT molecular complexity index is 763. The fraction of sp³-hybridized carbons (Fsp3) is 0.421. The summed E-state index contributed by atoms with van der Waals surface area (Å²) in [4.78, 5) is 25.1. The van der Waals surface area contributed by atoms with E-state index in [1.54, 1.807) is 20.3 Å². The summed E-state index contributed by atoms with van der Waals surface area (Å²) in [5, 5.41) is 3.12. The maximum absolute atomic E-state index is 12.8. The topological polar surface area (TPSA) is 79.8 Å². The van der Waals surface area contributed by atoms with E-state index < -0.39 is 0 Å². The van der Waals surface area contributed by atoms with Crippen LogP contribution in [-0.4, -0.2) is 74.3 Å². The summed E-state index contributed by atoms with van der Waals surface area (Å²) < 4.78 is 10.4. The molecule has 1 fully saturated rings. The van der Waals surface area contributed by atoms with Gasteiger partial charge in [0, 0.05) is 45.9 Å². The molecule has 1 aliphatic heterocycles. The first-order chi connectivity index (χ1) is 13.2. The second-order valence-electron chi connectivity index (χ2n) is 6.16. The van der Waals surface area contributed by atoms with Gasteiger partial charge >= 0.3 is 0 Å². The fourth-order valence-electron chi connectivity index (χ4n) is 3.06. The molecule has 0 unspecified atom stereocenters. The minimum atomic E-state index is -0.0770. The van der Waals surface area contributed by atoms with Crippen LogP contribution in [0.25, 0.3) is 0 Å². The highest BCUT2D eigenvalue weighted by molar-refractivity contribution is 5.93. The van der Waals surface area contributed by atoms with Gasteiger partial charge in [0.25, 0.3) is 5.91 Å². The number of nitrogens with one attached hydrogen (secondary N) is 1. The molecule has 2 heterocycles. The number of amides is 1. The first-order valence-electron chi connectivity index (χ1n) is 8.95. The van der Waals surface area contributed by atoms with Gasteiger partial charge in [-0.15, -0.1) is 0 Å². The number of piperazine rings is 1. The molecule has 2 aromatic rings. The molecule has 1 aromatic heterocycles. The zero-order valence-corrected chi connectivity index (χ0v) is 15.7. The van der Waals surface area contributed by atoms with Crippen molar-refractivity contribution in [2.24, 2.45) is 0 Å². The maximum Gasteiger partial charge on any atom is 0.272 e. The number of carbonyl (C=O) groups is 1. The van der Waals surface area contributed by atoms with Crippen molar-refractivity contribution in [2.45, 2.75) is 0 Å². The standard InChI is InChI=1S/C19H25N5O3/c1-26-12-7-20-18-13-15(21-14-22-18)19(25)24-10-8-23(9-11-24)16-5-3-4-6-17(16)27-2/h3-6,13-14H,7-12H2,1-2H3,(H,20,21,22). The summed E-state index contributed by atoms with van der Waals surface area (Å²) >= 11 is 0. The van der Waals surface area contributed by atoms with Gasteiger partial charge in [-0.05, 0) is 12.1 Å². The highest BCUT2D eigenvalue weighted by Gasteiger charge is 2.24. The molecule has 8 heteroatoms. The lowest BCUT2D eigenvalue weighted by Crippen LogP contribution is -2.49. The van der Waals surface area contributed by atoms with E-state index in [0.717, 1.165) is 24.5 Å². The number of ether oxygens (including phenoxy) is 2. The minimum absolute atomic E-state index is 0.0770. The molecule has 8 nitrogen and oxygen atoms in total. The van der Waals surface area contributed by atoms with Crippen LogP contribution in [0, 0.1) is 0 Å². The number of nitrogens with zero attached hydrogens (tertiary/aromatic N) is 4. The maximum atomic E-state index is 12.8. The van der Waals surface area contributed by atoms with Crippen molar-refractivity contribution in [1.29, 1.82) is 0 Å². The van der Waals surface area contributed by atoms with Crippen molar-refractivity contribution >= 4 is 17.4 Å². The predicted molar refractivity (Wildman–Crippen MR) is 104 cm³/mol. The summed E-state index contributed by atoms with van der Waals surface area (Å²) in [7, 11) is 3.31. The largest absolute Gasteiger partial charge is 0.495 e. The molecular weight excluding hydrogens is 346 g/mol. The normalized spacial score (nSPS) is 14.1. The van der Waals surface area contributed by atoms with E-state index in [9.17, 15) is 4.79 Å². The molecule has 0 saturated carbocycles. The van der Waals surface area contributed by atoms with Gasteiger partial charge in [-0.2, -0.15) is 0 Å². The van der Waals surface area contributed by atoms with Crippen LogP contribution < -0.4 is 15.0 Å². The van der Waals surface area contributed by atoms with Gasteiger partial charge in [-0.1, -0.05) is 12.1 Å². The number of benzene rings is 1. The molecule has 1 aromatic carbocycles. The Labute approximate surface area is 159 Å². The van der Waals surface area contributed by atoms with E-state index in [4.69, 9.17) is 9.47 Å². The molecule has 3 rings (SSSR count). The number of aromatic nitrogens is 2. The Morgan fingerprint density at radius 3 is 2.67 bits per heavy atom. The van der Waals surface area contributed by atoms with Gasteiger partial charge in [0.2, 0.25) is 0 Å². The third-order valence-electron chi connectivity index (χ3n) is 4.49. The van der Waals surface area contributed by atoms with Crippen LogP contribution in [0.5, 0.6) is 5.75 Å². The number of hydrogen-bond donors (Lipinski definition) is 1. The fourth-order valence-corrected chi connectivity index (χ4v) is 3.06. The molecule has 0 atom stereocenters. The second kappa shape index (κ2) is 9.18. The number of methoxy groups -OCH3 is 2. The number of carbonyl (C=O) groups excluding carboxylic acids is 1. The quantitative estimate of drug-likeness (QED) is 0.739. The average Bonchev–Trinajstić information content (AvgIpc) is 2.74. The lowest BCUT2D eigenvalue weighted by molar-refractivity contribution is 0.0740. The molecule has 1 saturated heterocycles. The smallest absolute Gasteiger partial charge is 0.272 e. The van der Waals surface area contributed by atoms with Crippen LogP contribution in [0.1, 0.15) is 10.5 Å². The van der Waals surface area contributed by atoms with Gasteiger partial charge in [0.1, 0.15) is 23.6 Å².